The van der Waals surface area contributed by atoms with Gasteiger partial charge in [-0.1, -0.05) is 0 Å². The molecule has 0 N–H and O–H groups in total. The number of rotatable bonds is 4. The van der Waals surface area contributed by atoms with E-state index in [2.05, 4.69) is 4.90 Å². The molecule has 1 aliphatic heterocycles. The van der Waals surface area contributed by atoms with Crippen LogP contribution in [0.2, 0.25) is 0 Å². The second-order valence-corrected chi connectivity index (χ2v) is 3.74. The summed E-state index contributed by atoms with van der Waals surface area (Å²) in [6, 6.07) is 0. The summed E-state index contributed by atoms with van der Waals surface area (Å²) in [5.41, 5.74) is 0. The number of hydrogen-bond donors (Lipinski definition) is 0. The van der Waals surface area contributed by atoms with Gasteiger partial charge in [0.25, 0.3) is 0 Å². The van der Waals surface area contributed by atoms with E-state index in [9.17, 15) is 4.79 Å². The summed E-state index contributed by atoms with van der Waals surface area (Å²) < 4.78 is 10.3. The van der Waals surface area contributed by atoms with Gasteiger partial charge in [-0.25, -0.2) is 0 Å². The molecule has 0 spiro atoms. The molecule has 14 heavy (non-hydrogen) atoms. The predicted molar refractivity (Wildman–Crippen MR) is 53.1 cm³/mol. The summed E-state index contributed by atoms with van der Waals surface area (Å²) in [6.45, 7) is 7.93. The van der Waals surface area contributed by atoms with E-state index in [0.29, 0.717) is 6.42 Å². The summed E-state index contributed by atoms with van der Waals surface area (Å²) in [5, 5.41) is 0. The molecule has 4 nitrogen and oxygen atoms in total. The van der Waals surface area contributed by atoms with E-state index in [1.807, 2.05) is 13.8 Å². The van der Waals surface area contributed by atoms with Gasteiger partial charge in [-0.15, -0.1) is 0 Å². The largest absolute Gasteiger partial charge is 0.463 e. The lowest BCUT2D eigenvalue weighted by Crippen LogP contribution is -2.37. The Kier molecular flexibility index (Phi) is 4.90. The average molecular weight is 201 g/mol. The van der Waals surface area contributed by atoms with Gasteiger partial charge in [-0.05, 0) is 13.8 Å². The second kappa shape index (κ2) is 5.98. The first-order chi connectivity index (χ1) is 6.68. The number of hydrogen-bond acceptors (Lipinski definition) is 4. The van der Waals surface area contributed by atoms with Gasteiger partial charge in [0, 0.05) is 19.6 Å². The number of morpholine rings is 1. The minimum atomic E-state index is -0.105. The van der Waals surface area contributed by atoms with E-state index >= 15 is 0 Å². The number of carbonyl (C=O) groups excluding carboxylic acids is 1. The highest BCUT2D eigenvalue weighted by Gasteiger charge is 2.12. The molecule has 4 heteroatoms. The molecule has 0 aromatic carbocycles. The van der Waals surface area contributed by atoms with Gasteiger partial charge < -0.3 is 9.47 Å². The highest BCUT2D eigenvalue weighted by Crippen LogP contribution is 2.00. The number of ether oxygens (including phenoxy) is 2. The van der Waals surface area contributed by atoms with Crippen LogP contribution >= 0.6 is 0 Å². The van der Waals surface area contributed by atoms with E-state index in [1.54, 1.807) is 0 Å². The third kappa shape index (κ3) is 4.58. The molecule has 82 valence electrons. The lowest BCUT2D eigenvalue weighted by atomic mass is 10.3. The maximum absolute atomic E-state index is 11.2. The van der Waals surface area contributed by atoms with Crippen LogP contribution in [0.1, 0.15) is 20.3 Å². The van der Waals surface area contributed by atoms with E-state index < -0.39 is 0 Å². The fourth-order valence-corrected chi connectivity index (χ4v) is 1.40. The van der Waals surface area contributed by atoms with Crippen molar-refractivity contribution in [2.45, 2.75) is 26.4 Å². The molecule has 1 heterocycles. The van der Waals surface area contributed by atoms with Gasteiger partial charge in [-0.2, -0.15) is 0 Å². The highest BCUT2D eigenvalue weighted by molar-refractivity contribution is 5.69. The van der Waals surface area contributed by atoms with Crippen LogP contribution in [-0.2, 0) is 14.3 Å². The molecule has 0 atom stereocenters. The van der Waals surface area contributed by atoms with Crippen LogP contribution in [0.15, 0.2) is 0 Å². The van der Waals surface area contributed by atoms with Gasteiger partial charge in [0.05, 0.1) is 25.7 Å². The van der Waals surface area contributed by atoms with Crippen molar-refractivity contribution < 1.29 is 14.3 Å². The van der Waals surface area contributed by atoms with Crippen LogP contribution in [0, 0.1) is 0 Å². The van der Waals surface area contributed by atoms with Crippen molar-refractivity contribution in [2.75, 3.05) is 32.8 Å². The Hall–Kier alpha value is -0.610. The Morgan fingerprint density at radius 2 is 2.07 bits per heavy atom. The maximum Gasteiger partial charge on any atom is 0.307 e. The van der Waals surface area contributed by atoms with Crippen molar-refractivity contribution in [3.8, 4) is 0 Å². The molecule has 1 rings (SSSR count). The Labute approximate surface area is 85.2 Å². The zero-order valence-electron chi connectivity index (χ0n) is 8.99. The Morgan fingerprint density at radius 1 is 1.43 bits per heavy atom. The summed E-state index contributed by atoms with van der Waals surface area (Å²) in [4.78, 5) is 13.4. The highest BCUT2D eigenvalue weighted by atomic mass is 16.5. The van der Waals surface area contributed by atoms with E-state index in [1.165, 1.54) is 0 Å². The fourth-order valence-electron chi connectivity index (χ4n) is 1.40. The second-order valence-electron chi connectivity index (χ2n) is 3.74. The van der Waals surface area contributed by atoms with Crippen molar-refractivity contribution in [2.24, 2.45) is 0 Å². The quantitative estimate of drug-likeness (QED) is 0.626. The minimum Gasteiger partial charge on any atom is -0.463 e. The van der Waals surface area contributed by atoms with Crippen molar-refractivity contribution in [1.82, 2.24) is 4.90 Å². The molecular weight excluding hydrogens is 182 g/mol. The lowest BCUT2D eigenvalue weighted by molar-refractivity contribution is -0.148. The molecule has 1 fully saturated rings. The molecule has 1 aliphatic rings. The van der Waals surface area contributed by atoms with E-state index in [4.69, 9.17) is 9.47 Å². The first kappa shape index (κ1) is 11.5. The maximum atomic E-state index is 11.2. The third-order valence-electron chi connectivity index (χ3n) is 2.10. The fraction of sp³-hybridized carbons (Fsp3) is 0.900. The molecule has 0 unspecified atom stereocenters. The molecule has 1 saturated heterocycles. The van der Waals surface area contributed by atoms with Crippen LogP contribution in [0.3, 0.4) is 0 Å². The van der Waals surface area contributed by atoms with E-state index in [0.717, 1.165) is 32.8 Å². The molecular formula is C10H19NO3. The Balaban J connectivity index is 2.09. The first-order valence-corrected chi connectivity index (χ1v) is 5.18. The standard InChI is InChI=1S/C10H19NO3/c1-9(2)14-10(12)3-4-11-5-7-13-8-6-11/h9H,3-8H2,1-2H3. The summed E-state index contributed by atoms with van der Waals surface area (Å²) in [5.74, 6) is -0.105. The van der Waals surface area contributed by atoms with Crippen molar-refractivity contribution in [3.05, 3.63) is 0 Å². The summed E-state index contributed by atoms with van der Waals surface area (Å²) in [6.07, 6.45) is 0.477. The van der Waals surface area contributed by atoms with Crippen molar-refractivity contribution in [1.29, 1.82) is 0 Å². The minimum absolute atomic E-state index is 0.00723. The molecule has 0 aliphatic carbocycles. The van der Waals surface area contributed by atoms with Crippen LogP contribution in [-0.4, -0.2) is 49.8 Å². The number of carbonyl (C=O) groups is 1. The van der Waals surface area contributed by atoms with Gasteiger partial charge in [0.15, 0.2) is 0 Å². The SMILES string of the molecule is CC(C)OC(=O)CCN1CCOCC1. The van der Waals surface area contributed by atoms with Gasteiger partial charge >= 0.3 is 5.97 Å². The van der Waals surface area contributed by atoms with Gasteiger partial charge in [-0.3, -0.25) is 9.69 Å². The lowest BCUT2D eigenvalue weighted by Gasteiger charge is -2.26. The number of nitrogens with zero attached hydrogens (tertiary/aromatic N) is 1. The Morgan fingerprint density at radius 3 is 2.64 bits per heavy atom. The smallest absolute Gasteiger partial charge is 0.307 e. The molecule has 0 radical (unpaired) electrons. The molecule has 0 aromatic rings. The van der Waals surface area contributed by atoms with E-state index in [-0.39, 0.29) is 12.1 Å². The Bertz CT molecular complexity index is 176. The third-order valence-corrected chi connectivity index (χ3v) is 2.10. The van der Waals surface area contributed by atoms with Crippen LogP contribution in [0.5, 0.6) is 0 Å². The van der Waals surface area contributed by atoms with Crippen LogP contribution < -0.4 is 0 Å². The van der Waals surface area contributed by atoms with Crippen LogP contribution in [0.4, 0.5) is 0 Å². The van der Waals surface area contributed by atoms with Gasteiger partial charge in [0.1, 0.15) is 0 Å². The summed E-state index contributed by atoms with van der Waals surface area (Å²) in [7, 11) is 0. The number of esters is 1. The zero-order valence-corrected chi connectivity index (χ0v) is 8.99. The first-order valence-electron chi connectivity index (χ1n) is 5.18. The molecule has 0 aromatic heterocycles. The normalized spacial score (nSPS) is 18.5. The zero-order chi connectivity index (χ0) is 10.4. The van der Waals surface area contributed by atoms with Gasteiger partial charge in [0.2, 0.25) is 0 Å². The van der Waals surface area contributed by atoms with Crippen LogP contribution in [0.25, 0.3) is 0 Å². The van der Waals surface area contributed by atoms with Crippen molar-refractivity contribution in [3.63, 3.8) is 0 Å². The molecule has 0 amide bonds. The monoisotopic (exact) mass is 201 g/mol. The molecule has 0 bridgehead atoms. The molecule has 0 saturated carbocycles. The van der Waals surface area contributed by atoms with Crippen molar-refractivity contribution >= 4 is 5.97 Å². The topological polar surface area (TPSA) is 38.8 Å². The summed E-state index contributed by atoms with van der Waals surface area (Å²) >= 11 is 0. The predicted octanol–water partition coefficient (Wildman–Crippen LogP) is 0.660. The average Bonchev–Trinajstić information content (AvgIpc) is 2.15.